The van der Waals surface area contributed by atoms with E-state index in [1.807, 2.05) is 11.8 Å². The maximum Gasteiger partial charge on any atom is 0.396 e. The van der Waals surface area contributed by atoms with E-state index in [1.54, 1.807) is 0 Å². The van der Waals surface area contributed by atoms with Crippen molar-refractivity contribution in [2.45, 2.75) is 25.7 Å². The molecule has 0 aromatic rings. The van der Waals surface area contributed by atoms with Crippen molar-refractivity contribution in [3.8, 4) is 0 Å². The molecule has 0 fully saturated rings. The quantitative estimate of drug-likeness (QED) is 0.408. The fourth-order valence-electron chi connectivity index (χ4n) is 1.09. The summed E-state index contributed by atoms with van der Waals surface area (Å²) in [5.41, 5.74) is 0. The Morgan fingerprint density at radius 2 is 1.87 bits per heavy atom. The molecule has 4 nitrogen and oxygen atoms in total. The molecule has 0 heterocycles. The minimum atomic E-state index is -0.822. The molecule has 0 unspecified atom stereocenters. The molecular weight excluding hydrogens is 214 g/mol. The molecule has 88 valence electrons. The van der Waals surface area contributed by atoms with Crippen LogP contribution >= 0.6 is 11.8 Å². The summed E-state index contributed by atoms with van der Waals surface area (Å²) >= 11 is 1.85. The number of esters is 1. The van der Waals surface area contributed by atoms with Gasteiger partial charge in [-0.2, -0.15) is 11.8 Å². The molecule has 0 bridgehead atoms. The van der Waals surface area contributed by atoms with Crippen molar-refractivity contribution in [3.05, 3.63) is 0 Å². The van der Waals surface area contributed by atoms with E-state index in [0.717, 1.165) is 12.8 Å². The number of carbonyl (C=O) groups is 2. The Labute approximate surface area is 95.1 Å². The lowest BCUT2D eigenvalue weighted by atomic mass is 10.2. The summed E-state index contributed by atoms with van der Waals surface area (Å²) in [5.74, 6) is -0.284. The SMILES string of the molecule is COC(=O)C(=O)NCCCCCCSC. The van der Waals surface area contributed by atoms with Gasteiger partial charge in [0, 0.05) is 6.54 Å². The monoisotopic (exact) mass is 233 g/mol. The van der Waals surface area contributed by atoms with E-state index in [9.17, 15) is 9.59 Å². The molecule has 0 aromatic carbocycles. The van der Waals surface area contributed by atoms with Gasteiger partial charge in [0.1, 0.15) is 0 Å². The third kappa shape index (κ3) is 8.30. The minimum Gasteiger partial charge on any atom is -0.462 e. The first kappa shape index (κ1) is 14.3. The summed E-state index contributed by atoms with van der Waals surface area (Å²) in [5, 5.41) is 2.51. The van der Waals surface area contributed by atoms with Gasteiger partial charge in [0.15, 0.2) is 0 Å². The van der Waals surface area contributed by atoms with Crippen LogP contribution in [-0.4, -0.2) is 37.5 Å². The number of methoxy groups -OCH3 is 1. The number of hydrogen-bond acceptors (Lipinski definition) is 4. The van der Waals surface area contributed by atoms with E-state index in [1.165, 1.54) is 25.7 Å². The topological polar surface area (TPSA) is 55.4 Å². The molecule has 0 spiro atoms. The van der Waals surface area contributed by atoms with Crippen LogP contribution in [0.1, 0.15) is 25.7 Å². The van der Waals surface area contributed by atoms with Crippen molar-refractivity contribution in [2.24, 2.45) is 0 Å². The van der Waals surface area contributed by atoms with Crippen molar-refractivity contribution in [1.29, 1.82) is 0 Å². The number of unbranched alkanes of at least 4 members (excludes halogenated alkanes) is 3. The smallest absolute Gasteiger partial charge is 0.396 e. The Morgan fingerprint density at radius 1 is 1.20 bits per heavy atom. The van der Waals surface area contributed by atoms with Gasteiger partial charge < -0.3 is 10.1 Å². The number of ether oxygens (including phenoxy) is 1. The van der Waals surface area contributed by atoms with E-state index in [2.05, 4.69) is 16.3 Å². The molecule has 0 aliphatic carbocycles. The Morgan fingerprint density at radius 3 is 2.47 bits per heavy atom. The lowest BCUT2D eigenvalue weighted by Gasteiger charge is -2.03. The van der Waals surface area contributed by atoms with Gasteiger partial charge in [-0.3, -0.25) is 4.79 Å². The summed E-state index contributed by atoms with van der Waals surface area (Å²) in [6.07, 6.45) is 6.48. The normalized spacial score (nSPS) is 9.73. The molecule has 5 heteroatoms. The zero-order chi connectivity index (χ0) is 11.5. The van der Waals surface area contributed by atoms with Crippen LogP contribution in [-0.2, 0) is 14.3 Å². The zero-order valence-electron chi connectivity index (χ0n) is 9.38. The van der Waals surface area contributed by atoms with Crippen molar-refractivity contribution < 1.29 is 14.3 Å². The number of carbonyl (C=O) groups excluding carboxylic acids is 2. The van der Waals surface area contributed by atoms with Crippen molar-refractivity contribution in [3.63, 3.8) is 0 Å². The first-order chi connectivity index (χ1) is 7.22. The molecule has 0 radical (unpaired) electrons. The fraction of sp³-hybridized carbons (Fsp3) is 0.800. The Kier molecular flexibility index (Phi) is 9.36. The predicted molar refractivity (Wildman–Crippen MR) is 61.9 cm³/mol. The molecule has 0 aromatic heterocycles. The highest BCUT2D eigenvalue weighted by atomic mass is 32.2. The molecule has 1 amide bonds. The van der Waals surface area contributed by atoms with Crippen LogP contribution in [0.4, 0.5) is 0 Å². The number of thioether (sulfide) groups is 1. The second kappa shape index (κ2) is 9.83. The predicted octanol–water partition coefficient (Wildman–Crippen LogP) is 1.20. The van der Waals surface area contributed by atoms with Crippen LogP contribution < -0.4 is 5.32 Å². The van der Waals surface area contributed by atoms with E-state index in [-0.39, 0.29) is 0 Å². The maximum atomic E-state index is 10.9. The van der Waals surface area contributed by atoms with E-state index < -0.39 is 11.9 Å². The minimum absolute atomic E-state index is 0.549. The van der Waals surface area contributed by atoms with Gasteiger partial charge in [-0.05, 0) is 24.9 Å². The van der Waals surface area contributed by atoms with Crippen LogP contribution in [0.25, 0.3) is 0 Å². The molecule has 1 N–H and O–H groups in total. The lowest BCUT2D eigenvalue weighted by molar-refractivity contribution is -0.152. The highest BCUT2D eigenvalue weighted by Crippen LogP contribution is 2.03. The van der Waals surface area contributed by atoms with Crippen molar-refractivity contribution >= 4 is 23.6 Å². The molecule has 0 atom stereocenters. The van der Waals surface area contributed by atoms with E-state index in [4.69, 9.17) is 0 Å². The number of hydrogen-bond donors (Lipinski definition) is 1. The Bertz CT molecular complexity index is 197. The molecule has 0 aliphatic rings. The average molecular weight is 233 g/mol. The second-order valence-electron chi connectivity index (χ2n) is 3.15. The third-order valence-corrected chi connectivity index (χ3v) is 2.63. The van der Waals surface area contributed by atoms with E-state index >= 15 is 0 Å². The Balaban J connectivity index is 3.24. The van der Waals surface area contributed by atoms with Crippen LogP contribution in [0.5, 0.6) is 0 Å². The maximum absolute atomic E-state index is 10.9. The zero-order valence-corrected chi connectivity index (χ0v) is 10.2. The van der Waals surface area contributed by atoms with Crippen molar-refractivity contribution in [1.82, 2.24) is 5.32 Å². The fourth-order valence-corrected chi connectivity index (χ4v) is 1.58. The standard InChI is InChI=1S/C10H19NO3S/c1-14-10(13)9(12)11-7-5-3-4-6-8-15-2/h3-8H2,1-2H3,(H,11,12). The van der Waals surface area contributed by atoms with Crippen LogP contribution in [0.2, 0.25) is 0 Å². The summed E-state index contributed by atoms with van der Waals surface area (Å²) in [6.45, 7) is 0.549. The van der Waals surface area contributed by atoms with E-state index in [0.29, 0.717) is 6.54 Å². The molecule has 0 aliphatic heterocycles. The molecule has 0 saturated carbocycles. The number of rotatable bonds is 7. The molecule has 15 heavy (non-hydrogen) atoms. The van der Waals surface area contributed by atoms with Gasteiger partial charge in [0.25, 0.3) is 0 Å². The van der Waals surface area contributed by atoms with Gasteiger partial charge in [-0.1, -0.05) is 12.8 Å². The first-order valence-electron chi connectivity index (χ1n) is 5.07. The van der Waals surface area contributed by atoms with Gasteiger partial charge in [0.05, 0.1) is 7.11 Å². The molecule has 0 rings (SSSR count). The Hall–Kier alpha value is -0.710. The van der Waals surface area contributed by atoms with Crippen LogP contribution in [0, 0.1) is 0 Å². The number of nitrogens with one attached hydrogen (secondary N) is 1. The average Bonchev–Trinajstić information content (AvgIpc) is 2.26. The summed E-state index contributed by atoms with van der Waals surface area (Å²) < 4.78 is 4.27. The van der Waals surface area contributed by atoms with Gasteiger partial charge in [-0.25, -0.2) is 4.79 Å². The molecular formula is C10H19NO3S. The highest BCUT2D eigenvalue weighted by Gasteiger charge is 2.11. The summed E-state index contributed by atoms with van der Waals surface area (Å²) in [6, 6.07) is 0. The third-order valence-electron chi connectivity index (χ3n) is 1.93. The van der Waals surface area contributed by atoms with Crippen LogP contribution in [0.15, 0.2) is 0 Å². The van der Waals surface area contributed by atoms with Gasteiger partial charge in [-0.15, -0.1) is 0 Å². The summed E-state index contributed by atoms with van der Waals surface area (Å²) in [4.78, 5) is 21.6. The second-order valence-corrected chi connectivity index (χ2v) is 4.14. The number of amides is 1. The van der Waals surface area contributed by atoms with Crippen LogP contribution in [0.3, 0.4) is 0 Å². The largest absolute Gasteiger partial charge is 0.462 e. The highest BCUT2D eigenvalue weighted by molar-refractivity contribution is 7.98. The van der Waals surface area contributed by atoms with Crippen molar-refractivity contribution in [2.75, 3.05) is 25.7 Å². The summed E-state index contributed by atoms with van der Waals surface area (Å²) in [7, 11) is 1.20. The van der Waals surface area contributed by atoms with Gasteiger partial charge in [0.2, 0.25) is 0 Å². The first-order valence-corrected chi connectivity index (χ1v) is 6.46. The molecule has 0 saturated heterocycles. The van der Waals surface area contributed by atoms with Gasteiger partial charge >= 0.3 is 11.9 Å². The lowest BCUT2D eigenvalue weighted by Crippen LogP contribution is -2.32.